The van der Waals surface area contributed by atoms with Gasteiger partial charge in [0.05, 0.1) is 21.8 Å². The van der Waals surface area contributed by atoms with Crippen molar-refractivity contribution in [2.45, 2.75) is 4.90 Å². The molecule has 0 bridgehead atoms. The molecule has 7 heteroatoms. The van der Waals surface area contributed by atoms with E-state index in [4.69, 9.17) is 11.5 Å². The summed E-state index contributed by atoms with van der Waals surface area (Å²) in [5.41, 5.74) is 12.8. The third-order valence-electron chi connectivity index (χ3n) is 2.93. The van der Waals surface area contributed by atoms with Crippen LogP contribution in [0.15, 0.2) is 47.4 Å². The van der Waals surface area contributed by atoms with Crippen LogP contribution in [0.5, 0.6) is 0 Å². The Hall–Kier alpha value is -2.54. The van der Waals surface area contributed by atoms with E-state index in [-0.39, 0.29) is 16.1 Å². The lowest BCUT2D eigenvalue weighted by Crippen LogP contribution is -2.14. The van der Waals surface area contributed by atoms with Gasteiger partial charge in [-0.25, -0.2) is 8.42 Å². The first kappa shape index (κ1) is 14.9. The topological polar surface area (TPSA) is 115 Å². The van der Waals surface area contributed by atoms with Crippen molar-refractivity contribution in [2.24, 2.45) is 5.73 Å². The summed E-state index contributed by atoms with van der Waals surface area (Å²) in [4.78, 5) is 11.5. The summed E-state index contributed by atoms with van der Waals surface area (Å²) >= 11 is 0. The molecule has 0 saturated heterocycles. The number of nitrogen functional groups attached to an aromatic ring is 1. The number of carbonyl (C=O) groups is 1. The molecule has 2 rings (SSSR count). The molecule has 2 aromatic rings. The zero-order chi connectivity index (χ0) is 15.6. The van der Waals surface area contributed by atoms with E-state index < -0.39 is 15.7 Å². The van der Waals surface area contributed by atoms with Crippen LogP contribution in [0.1, 0.15) is 10.4 Å². The van der Waals surface area contributed by atoms with E-state index in [2.05, 4.69) is 5.32 Å². The summed E-state index contributed by atoms with van der Waals surface area (Å²) in [5, 5.41) is 3.02. The highest BCUT2D eigenvalue weighted by Crippen LogP contribution is 2.26. The van der Waals surface area contributed by atoms with Gasteiger partial charge in [-0.15, -0.1) is 0 Å². The van der Waals surface area contributed by atoms with Gasteiger partial charge in [0.1, 0.15) is 0 Å². The molecule has 2 aromatic carbocycles. The number of amides is 1. The van der Waals surface area contributed by atoms with Gasteiger partial charge >= 0.3 is 0 Å². The normalized spacial score (nSPS) is 11.1. The zero-order valence-corrected chi connectivity index (χ0v) is 12.1. The van der Waals surface area contributed by atoms with Crippen LogP contribution < -0.4 is 16.8 Å². The van der Waals surface area contributed by atoms with Crippen molar-refractivity contribution in [3.8, 4) is 0 Å². The van der Waals surface area contributed by atoms with Crippen molar-refractivity contribution in [1.29, 1.82) is 0 Å². The second-order valence-electron chi connectivity index (χ2n) is 4.55. The molecule has 5 N–H and O–H groups in total. The van der Waals surface area contributed by atoms with Gasteiger partial charge < -0.3 is 16.8 Å². The Bertz CT molecular complexity index is 784. The summed E-state index contributed by atoms with van der Waals surface area (Å²) in [5.74, 6) is -0.608. The van der Waals surface area contributed by atoms with Crippen LogP contribution in [0.3, 0.4) is 0 Å². The summed E-state index contributed by atoms with van der Waals surface area (Å²) in [7, 11) is -3.23. The highest BCUT2D eigenvalue weighted by molar-refractivity contribution is 7.90. The molecule has 0 aliphatic rings. The smallest absolute Gasteiger partial charge is 0.250 e. The molecule has 0 saturated carbocycles. The number of anilines is 3. The standard InChI is InChI=1S/C14H15N3O3S/c1-21(19,20)10-7-5-9(6-8-10)17-12-4-2-3-11(13(12)15)14(16)18/h2-8,17H,15H2,1H3,(H2,16,18). The Morgan fingerprint density at radius 2 is 1.71 bits per heavy atom. The molecule has 0 aromatic heterocycles. The lowest BCUT2D eigenvalue weighted by Gasteiger charge is -2.11. The minimum Gasteiger partial charge on any atom is -0.396 e. The van der Waals surface area contributed by atoms with E-state index in [1.165, 1.54) is 18.2 Å². The van der Waals surface area contributed by atoms with E-state index in [1.54, 1.807) is 24.3 Å². The van der Waals surface area contributed by atoms with Crippen LogP contribution in [0.4, 0.5) is 17.1 Å². The second kappa shape index (κ2) is 5.45. The van der Waals surface area contributed by atoms with E-state index in [0.29, 0.717) is 11.4 Å². The number of nitrogens with two attached hydrogens (primary N) is 2. The molecule has 0 radical (unpaired) electrons. The number of sulfone groups is 1. The van der Waals surface area contributed by atoms with Gasteiger partial charge in [-0.1, -0.05) is 6.07 Å². The number of para-hydroxylation sites is 1. The number of hydrogen-bond donors (Lipinski definition) is 3. The van der Waals surface area contributed by atoms with Crippen LogP contribution in [0.25, 0.3) is 0 Å². The van der Waals surface area contributed by atoms with Crippen LogP contribution in [-0.2, 0) is 9.84 Å². The number of rotatable bonds is 4. The van der Waals surface area contributed by atoms with Crippen LogP contribution >= 0.6 is 0 Å². The molecule has 0 fully saturated rings. The summed E-state index contributed by atoms with van der Waals surface area (Å²) in [6.07, 6.45) is 1.14. The fraction of sp³-hybridized carbons (Fsp3) is 0.0714. The molecule has 0 aliphatic heterocycles. The fourth-order valence-electron chi connectivity index (χ4n) is 1.83. The molecule has 0 heterocycles. The number of carbonyl (C=O) groups excluding carboxylic acids is 1. The average Bonchev–Trinajstić information content (AvgIpc) is 2.40. The predicted molar refractivity (Wildman–Crippen MR) is 82.2 cm³/mol. The van der Waals surface area contributed by atoms with Crippen LogP contribution in [0.2, 0.25) is 0 Å². The van der Waals surface area contributed by atoms with Crippen molar-refractivity contribution in [3.05, 3.63) is 48.0 Å². The number of primary amides is 1. The Morgan fingerprint density at radius 1 is 1.10 bits per heavy atom. The van der Waals surface area contributed by atoms with Crippen molar-refractivity contribution >= 4 is 32.8 Å². The lowest BCUT2D eigenvalue weighted by molar-refractivity contribution is 0.100. The maximum atomic E-state index is 11.4. The maximum Gasteiger partial charge on any atom is 0.250 e. The third-order valence-corrected chi connectivity index (χ3v) is 4.06. The Morgan fingerprint density at radius 3 is 2.24 bits per heavy atom. The molecule has 21 heavy (non-hydrogen) atoms. The lowest BCUT2D eigenvalue weighted by atomic mass is 10.1. The molecule has 0 atom stereocenters. The minimum atomic E-state index is -3.23. The average molecular weight is 305 g/mol. The fourth-order valence-corrected chi connectivity index (χ4v) is 2.46. The Balaban J connectivity index is 2.31. The Labute approximate surface area is 122 Å². The first-order valence-electron chi connectivity index (χ1n) is 6.04. The van der Waals surface area contributed by atoms with E-state index in [9.17, 15) is 13.2 Å². The van der Waals surface area contributed by atoms with Crippen molar-refractivity contribution < 1.29 is 13.2 Å². The molecule has 0 unspecified atom stereocenters. The van der Waals surface area contributed by atoms with Crippen molar-refractivity contribution in [3.63, 3.8) is 0 Å². The Kier molecular flexibility index (Phi) is 3.86. The van der Waals surface area contributed by atoms with E-state index >= 15 is 0 Å². The first-order valence-corrected chi connectivity index (χ1v) is 7.93. The summed E-state index contributed by atoms with van der Waals surface area (Å²) in [6.45, 7) is 0. The molecular formula is C14H15N3O3S. The highest BCUT2D eigenvalue weighted by atomic mass is 32.2. The van der Waals surface area contributed by atoms with Crippen molar-refractivity contribution in [1.82, 2.24) is 0 Å². The second-order valence-corrected chi connectivity index (χ2v) is 6.57. The molecule has 110 valence electrons. The highest BCUT2D eigenvalue weighted by Gasteiger charge is 2.10. The van der Waals surface area contributed by atoms with Gasteiger partial charge in [-0.3, -0.25) is 4.79 Å². The number of nitrogens with one attached hydrogen (secondary N) is 1. The molecule has 0 aliphatic carbocycles. The van der Waals surface area contributed by atoms with E-state index in [0.717, 1.165) is 6.26 Å². The van der Waals surface area contributed by atoms with Gasteiger partial charge in [0, 0.05) is 11.9 Å². The summed E-state index contributed by atoms with van der Waals surface area (Å²) in [6, 6.07) is 11.1. The third kappa shape index (κ3) is 3.32. The summed E-state index contributed by atoms with van der Waals surface area (Å²) < 4.78 is 22.8. The van der Waals surface area contributed by atoms with Crippen molar-refractivity contribution in [2.75, 3.05) is 17.3 Å². The van der Waals surface area contributed by atoms with Gasteiger partial charge in [0.15, 0.2) is 9.84 Å². The first-order chi connectivity index (χ1) is 9.79. The van der Waals surface area contributed by atoms with Gasteiger partial charge in [0.25, 0.3) is 5.91 Å². The maximum absolute atomic E-state index is 11.4. The predicted octanol–water partition coefficient (Wildman–Crippen LogP) is 1.51. The van der Waals surface area contributed by atoms with Crippen LogP contribution in [0, 0.1) is 0 Å². The van der Waals surface area contributed by atoms with E-state index in [1.807, 2.05) is 0 Å². The SMILES string of the molecule is CS(=O)(=O)c1ccc(Nc2cccc(C(N)=O)c2N)cc1. The van der Waals surface area contributed by atoms with Crippen LogP contribution in [-0.4, -0.2) is 20.6 Å². The quantitative estimate of drug-likeness (QED) is 0.741. The monoisotopic (exact) mass is 305 g/mol. The molecule has 1 amide bonds. The number of benzene rings is 2. The molecular weight excluding hydrogens is 290 g/mol. The van der Waals surface area contributed by atoms with Gasteiger partial charge in [-0.2, -0.15) is 0 Å². The minimum absolute atomic E-state index is 0.229. The van der Waals surface area contributed by atoms with Gasteiger partial charge in [-0.05, 0) is 36.4 Å². The largest absolute Gasteiger partial charge is 0.396 e. The zero-order valence-electron chi connectivity index (χ0n) is 11.3. The molecule has 6 nitrogen and oxygen atoms in total. The number of hydrogen-bond acceptors (Lipinski definition) is 5. The molecule has 0 spiro atoms. The van der Waals surface area contributed by atoms with Gasteiger partial charge in [0.2, 0.25) is 0 Å².